The van der Waals surface area contributed by atoms with Gasteiger partial charge in [-0.05, 0) is 42.3 Å². The number of amides is 2. The number of benzene rings is 3. The maximum Gasteiger partial charge on any atom is 0.251 e. The second-order valence-corrected chi connectivity index (χ2v) is 7.41. The highest BCUT2D eigenvalue weighted by Gasteiger charge is 2.16. The molecule has 3 rings (SSSR count). The van der Waals surface area contributed by atoms with Gasteiger partial charge < -0.3 is 15.0 Å². The Bertz CT molecular complexity index is 1030. The summed E-state index contributed by atoms with van der Waals surface area (Å²) in [5.41, 5.74) is 2.60. The Morgan fingerprint density at radius 2 is 1.73 bits per heavy atom. The van der Waals surface area contributed by atoms with E-state index in [0.29, 0.717) is 18.7 Å². The number of nitrogens with one attached hydrogen (secondary N) is 1. The molecule has 0 saturated heterocycles. The van der Waals surface area contributed by atoms with Gasteiger partial charge in [0.2, 0.25) is 5.91 Å². The van der Waals surface area contributed by atoms with Gasteiger partial charge in [0.25, 0.3) is 5.91 Å². The smallest absolute Gasteiger partial charge is 0.251 e. The summed E-state index contributed by atoms with van der Waals surface area (Å²) >= 11 is 0. The molecule has 156 valence electrons. The topological polar surface area (TPSA) is 58.6 Å². The molecular formula is C25H28N2O3. The Morgan fingerprint density at radius 1 is 1.00 bits per heavy atom. The Morgan fingerprint density at radius 3 is 2.47 bits per heavy atom. The van der Waals surface area contributed by atoms with Gasteiger partial charge in [-0.1, -0.05) is 55.0 Å². The van der Waals surface area contributed by atoms with Crippen molar-refractivity contribution < 1.29 is 14.3 Å². The summed E-state index contributed by atoms with van der Waals surface area (Å²) in [6, 6.07) is 19.3. The maximum absolute atomic E-state index is 12.7. The summed E-state index contributed by atoms with van der Waals surface area (Å²) in [6.45, 7) is 4.99. The van der Waals surface area contributed by atoms with E-state index in [4.69, 9.17) is 4.74 Å². The van der Waals surface area contributed by atoms with Crippen LogP contribution in [-0.2, 0) is 11.3 Å². The predicted molar refractivity (Wildman–Crippen MR) is 120 cm³/mol. The van der Waals surface area contributed by atoms with Gasteiger partial charge in [-0.15, -0.1) is 0 Å². The number of carbonyl (C=O) groups excluding carboxylic acids is 2. The number of hydrogen-bond acceptors (Lipinski definition) is 3. The van der Waals surface area contributed by atoms with Crippen LogP contribution in [0.3, 0.4) is 0 Å². The van der Waals surface area contributed by atoms with Gasteiger partial charge >= 0.3 is 0 Å². The number of aryl methyl sites for hydroxylation is 1. The van der Waals surface area contributed by atoms with Crippen LogP contribution in [-0.4, -0.2) is 36.9 Å². The molecule has 0 radical (unpaired) electrons. The molecule has 0 aliphatic heterocycles. The number of nitrogens with zero attached hydrogens (tertiary/aromatic N) is 1. The van der Waals surface area contributed by atoms with Crippen molar-refractivity contribution in [2.24, 2.45) is 0 Å². The van der Waals surface area contributed by atoms with Crippen LogP contribution in [0.4, 0.5) is 0 Å². The summed E-state index contributed by atoms with van der Waals surface area (Å²) < 4.78 is 5.93. The predicted octanol–water partition coefficient (Wildman–Crippen LogP) is 4.33. The minimum absolute atomic E-state index is 0.0564. The zero-order chi connectivity index (χ0) is 21.5. The van der Waals surface area contributed by atoms with E-state index in [9.17, 15) is 9.59 Å². The van der Waals surface area contributed by atoms with E-state index in [1.54, 1.807) is 24.1 Å². The first-order valence-electron chi connectivity index (χ1n) is 10.2. The molecule has 3 aromatic carbocycles. The molecule has 0 unspecified atom stereocenters. The van der Waals surface area contributed by atoms with Crippen LogP contribution in [0.5, 0.6) is 5.75 Å². The number of ether oxygens (including phenoxy) is 1. The van der Waals surface area contributed by atoms with Gasteiger partial charge in [-0.25, -0.2) is 0 Å². The summed E-state index contributed by atoms with van der Waals surface area (Å²) in [5, 5.41) is 4.88. The average molecular weight is 405 g/mol. The van der Waals surface area contributed by atoms with E-state index in [1.807, 2.05) is 55.5 Å². The Hall–Kier alpha value is -3.34. The summed E-state index contributed by atoms with van der Waals surface area (Å²) in [6.07, 6.45) is 0.909. The molecule has 0 atom stereocenters. The highest BCUT2D eigenvalue weighted by Crippen LogP contribution is 2.29. The molecule has 5 nitrogen and oxygen atoms in total. The highest BCUT2D eigenvalue weighted by atomic mass is 16.5. The molecule has 0 aliphatic carbocycles. The molecule has 0 aliphatic rings. The monoisotopic (exact) mass is 404 g/mol. The van der Waals surface area contributed by atoms with Crippen LogP contribution in [0, 0.1) is 6.92 Å². The van der Waals surface area contributed by atoms with Crippen LogP contribution >= 0.6 is 0 Å². The minimum atomic E-state index is -0.256. The Balaban J connectivity index is 1.70. The molecule has 1 N–H and O–H groups in total. The fourth-order valence-electron chi connectivity index (χ4n) is 3.25. The second kappa shape index (κ2) is 9.92. The SMILES string of the molecule is CCCOc1ccc2ccccc2c1CN(C)C(=O)CNC(=O)c1ccc(C)cc1. The standard InChI is InChI=1S/C25H28N2O3/c1-4-15-30-23-14-13-19-7-5-6-8-21(19)22(23)17-27(3)24(28)16-26-25(29)20-11-9-18(2)10-12-20/h5-14H,4,15-17H2,1-3H3,(H,26,29). The fraction of sp³-hybridized carbons (Fsp3) is 0.280. The van der Waals surface area contributed by atoms with Gasteiger partial charge in [-0.3, -0.25) is 9.59 Å². The molecule has 0 fully saturated rings. The van der Waals surface area contributed by atoms with Crippen molar-refractivity contribution in [3.05, 3.63) is 77.4 Å². The quantitative estimate of drug-likeness (QED) is 0.608. The number of likely N-dealkylation sites (N-methyl/N-ethyl adjacent to an activating group) is 1. The lowest BCUT2D eigenvalue weighted by molar-refractivity contribution is -0.129. The summed E-state index contributed by atoms with van der Waals surface area (Å²) in [5.74, 6) is 0.373. The third-order valence-electron chi connectivity index (χ3n) is 4.99. The fourth-order valence-corrected chi connectivity index (χ4v) is 3.25. The van der Waals surface area contributed by atoms with E-state index in [-0.39, 0.29) is 18.4 Å². The lowest BCUT2D eigenvalue weighted by atomic mass is 10.0. The largest absolute Gasteiger partial charge is 0.493 e. The van der Waals surface area contributed by atoms with Crippen LogP contribution in [0.1, 0.15) is 34.8 Å². The average Bonchev–Trinajstić information content (AvgIpc) is 2.77. The lowest BCUT2D eigenvalue weighted by Gasteiger charge is -2.21. The van der Waals surface area contributed by atoms with E-state index in [1.165, 1.54) is 0 Å². The molecule has 0 heterocycles. The first-order chi connectivity index (χ1) is 14.5. The Labute approximate surface area is 177 Å². The lowest BCUT2D eigenvalue weighted by Crippen LogP contribution is -2.37. The van der Waals surface area contributed by atoms with Gasteiger partial charge in [0.05, 0.1) is 13.2 Å². The number of hydrogen-bond donors (Lipinski definition) is 1. The zero-order valence-corrected chi connectivity index (χ0v) is 17.8. The molecule has 0 spiro atoms. The van der Waals surface area contributed by atoms with Gasteiger partial charge in [0, 0.05) is 24.7 Å². The van der Waals surface area contributed by atoms with E-state index in [2.05, 4.69) is 12.2 Å². The first-order valence-corrected chi connectivity index (χ1v) is 10.2. The Kier molecular flexibility index (Phi) is 7.07. The van der Waals surface area contributed by atoms with Crippen molar-refractivity contribution in [1.82, 2.24) is 10.2 Å². The number of rotatable bonds is 8. The van der Waals surface area contributed by atoms with Gasteiger partial charge in [-0.2, -0.15) is 0 Å². The number of carbonyl (C=O) groups is 2. The molecule has 0 aromatic heterocycles. The molecule has 30 heavy (non-hydrogen) atoms. The summed E-state index contributed by atoms with van der Waals surface area (Å²) in [4.78, 5) is 26.6. The highest BCUT2D eigenvalue weighted by molar-refractivity contribution is 5.96. The maximum atomic E-state index is 12.7. The van der Waals surface area contributed by atoms with Crippen molar-refractivity contribution in [2.75, 3.05) is 20.2 Å². The molecule has 0 saturated carbocycles. The normalized spacial score (nSPS) is 10.6. The van der Waals surface area contributed by atoms with E-state index in [0.717, 1.165) is 34.1 Å². The van der Waals surface area contributed by atoms with Crippen molar-refractivity contribution in [1.29, 1.82) is 0 Å². The van der Waals surface area contributed by atoms with Crippen molar-refractivity contribution >= 4 is 22.6 Å². The van der Waals surface area contributed by atoms with Gasteiger partial charge in [0.15, 0.2) is 0 Å². The molecule has 2 amide bonds. The van der Waals surface area contributed by atoms with Crippen molar-refractivity contribution in [3.63, 3.8) is 0 Å². The summed E-state index contributed by atoms with van der Waals surface area (Å²) in [7, 11) is 1.74. The van der Waals surface area contributed by atoms with Crippen LogP contribution in [0.25, 0.3) is 10.8 Å². The van der Waals surface area contributed by atoms with Gasteiger partial charge in [0.1, 0.15) is 5.75 Å². The molecule has 0 bridgehead atoms. The van der Waals surface area contributed by atoms with E-state index < -0.39 is 0 Å². The third kappa shape index (κ3) is 5.17. The molecule has 3 aromatic rings. The number of fused-ring (bicyclic) bond motifs is 1. The van der Waals surface area contributed by atoms with Crippen LogP contribution < -0.4 is 10.1 Å². The van der Waals surface area contributed by atoms with E-state index >= 15 is 0 Å². The minimum Gasteiger partial charge on any atom is -0.493 e. The third-order valence-corrected chi connectivity index (χ3v) is 4.99. The van der Waals surface area contributed by atoms with Crippen molar-refractivity contribution in [3.8, 4) is 5.75 Å². The van der Waals surface area contributed by atoms with Crippen LogP contribution in [0.15, 0.2) is 60.7 Å². The molecular weight excluding hydrogens is 376 g/mol. The first kappa shape index (κ1) is 21.4. The van der Waals surface area contributed by atoms with Crippen LogP contribution in [0.2, 0.25) is 0 Å². The molecule has 5 heteroatoms. The zero-order valence-electron chi connectivity index (χ0n) is 17.8. The second-order valence-electron chi connectivity index (χ2n) is 7.41. The van der Waals surface area contributed by atoms with Crippen molar-refractivity contribution in [2.45, 2.75) is 26.8 Å².